The summed E-state index contributed by atoms with van der Waals surface area (Å²) in [5.41, 5.74) is 2.10. The maximum Gasteiger partial charge on any atom is 0.118 e. The fourth-order valence-corrected chi connectivity index (χ4v) is 2.31. The van der Waals surface area contributed by atoms with Gasteiger partial charge in [0.1, 0.15) is 5.75 Å². The van der Waals surface area contributed by atoms with Gasteiger partial charge in [0.05, 0.1) is 12.8 Å². The smallest absolute Gasteiger partial charge is 0.118 e. The monoisotopic (exact) mass is 287 g/mol. The molecule has 0 heterocycles. The number of hydrogen-bond acceptors (Lipinski definition) is 2. The molecule has 0 aliphatic carbocycles. The van der Waals surface area contributed by atoms with Crippen LogP contribution in [0.15, 0.2) is 77.8 Å². The number of nitrogens with zero attached hydrogens (tertiary/aromatic N) is 1. The normalized spacial score (nSPS) is 11.5. The van der Waals surface area contributed by atoms with Crippen LogP contribution in [0.3, 0.4) is 0 Å². The Balaban J connectivity index is 1.76. The highest BCUT2D eigenvalue weighted by Gasteiger charge is 1.96. The van der Waals surface area contributed by atoms with Crippen LogP contribution in [0, 0.1) is 0 Å². The van der Waals surface area contributed by atoms with E-state index in [0.717, 1.165) is 17.0 Å². The summed E-state index contributed by atoms with van der Waals surface area (Å²) in [5, 5.41) is 2.37. The van der Waals surface area contributed by atoms with Crippen LogP contribution in [-0.2, 0) is 0 Å². The van der Waals surface area contributed by atoms with Crippen molar-refractivity contribution in [2.75, 3.05) is 7.11 Å². The Hall–Kier alpha value is -2.87. The molecule has 0 aliphatic rings. The van der Waals surface area contributed by atoms with Crippen molar-refractivity contribution >= 4 is 28.8 Å². The summed E-state index contributed by atoms with van der Waals surface area (Å²) >= 11 is 0. The van der Waals surface area contributed by atoms with Gasteiger partial charge in [0, 0.05) is 11.6 Å². The average molecular weight is 287 g/mol. The molecule has 0 saturated carbocycles. The van der Waals surface area contributed by atoms with E-state index in [4.69, 9.17) is 4.74 Å². The highest BCUT2D eigenvalue weighted by molar-refractivity contribution is 5.94. The highest BCUT2D eigenvalue weighted by Crippen LogP contribution is 2.25. The Labute approximate surface area is 130 Å². The lowest BCUT2D eigenvalue weighted by Crippen LogP contribution is -1.81. The highest BCUT2D eigenvalue weighted by atomic mass is 16.5. The van der Waals surface area contributed by atoms with Crippen LogP contribution in [0.25, 0.3) is 16.8 Å². The lowest BCUT2D eigenvalue weighted by atomic mass is 10.1. The largest absolute Gasteiger partial charge is 0.497 e. The van der Waals surface area contributed by atoms with Crippen molar-refractivity contribution in [2.24, 2.45) is 4.99 Å². The number of rotatable bonds is 4. The molecule has 2 nitrogen and oxygen atoms in total. The maximum atomic E-state index is 5.14. The summed E-state index contributed by atoms with van der Waals surface area (Å²) in [6, 6.07) is 22.3. The predicted molar refractivity (Wildman–Crippen MR) is 94.1 cm³/mol. The minimum Gasteiger partial charge on any atom is -0.497 e. The van der Waals surface area contributed by atoms with Crippen molar-refractivity contribution in [3.63, 3.8) is 0 Å². The number of hydrogen-bond donors (Lipinski definition) is 0. The van der Waals surface area contributed by atoms with E-state index in [1.165, 1.54) is 10.8 Å². The van der Waals surface area contributed by atoms with E-state index in [-0.39, 0.29) is 0 Å². The molecule has 0 radical (unpaired) electrons. The summed E-state index contributed by atoms with van der Waals surface area (Å²) in [7, 11) is 1.67. The molecule has 0 unspecified atom stereocenters. The Morgan fingerprint density at radius 3 is 2.45 bits per heavy atom. The molecule has 3 aromatic carbocycles. The second-order valence-electron chi connectivity index (χ2n) is 4.91. The second-order valence-corrected chi connectivity index (χ2v) is 4.91. The van der Waals surface area contributed by atoms with E-state index in [0.29, 0.717) is 0 Å². The Kier molecular flexibility index (Phi) is 4.30. The molecule has 0 saturated heterocycles. The Morgan fingerprint density at radius 1 is 0.864 bits per heavy atom. The first-order valence-corrected chi connectivity index (χ1v) is 7.19. The van der Waals surface area contributed by atoms with Gasteiger partial charge in [-0.15, -0.1) is 0 Å². The first-order chi connectivity index (χ1) is 10.9. The van der Waals surface area contributed by atoms with E-state index in [2.05, 4.69) is 23.2 Å². The lowest BCUT2D eigenvalue weighted by Gasteiger charge is -2.00. The minimum atomic E-state index is 0.863. The molecule has 108 valence electrons. The van der Waals surface area contributed by atoms with Gasteiger partial charge in [-0.2, -0.15) is 0 Å². The number of fused-ring (bicyclic) bond motifs is 1. The number of benzene rings is 3. The van der Waals surface area contributed by atoms with Crippen molar-refractivity contribution in [3.05, 3.63) is 78.4 Å². The SMILES string of the molecule is COc1ccc(/C=C/C=Nc2cccc3ccccc23)cc1. The molecule has 0 bridgehead atoms. The molecule has 0 fully saturated rings. The number of methoxy groups -OCH3 is 1. The van der Waals surface area contributed by atoms with E-state index < -0.39 is 0 Å². The van der Waals surface area contributed by atoms with Gasteiger partial charge in [0.2, 0.25) is 0 Å². The van der Waals surface area contributed by atoms with Crippen molar-refractivity contribution in [1.82, 2.24) is 0 Å². The van der Waals surface area contributed by atoms with Crippen molar-refractivity contribution < 1.29 is 4.74 Å². The topological polar surface area (TPSA) is 21.6 Å². The molecular weight excluding hydrogens is 270 g/mol. The van der Waals surface area contributed by atoms with Gasteiger partial charge in [-0.3, -0.25) is 4.99 Å². The third kappa shape index (κ3) is 3.23. The van der Waals surface area contributed by atoms with Crippen LogP contribution in [0.4, 0.5) is 5.69 Å². The Bertz CT molecular complexity index is 811. The fourth-order valence-electron chi connectivity index (χ4n) is 2.31. The summed E-state index contributed by atoms with van der Waals surface area (Å²) in [4.78, 5) is 4.55. The van der Waals surface area contributed by atoms with Crippen molar-refractivity contribution in [3.8, 4) is 5.75 Å². The van der Waals surface area contributed by atoms with E-state index in [1.807, 2.05) is 66.9 Å². The van der Waals surface area contributed by atoms with E-state index in [9.17, 15) is 0 Å². The van der Waals surface area contributed by atoms with Gasteiger partial charge in [0.25, 0.3) is 0 Å². The molecule has 0 aromatic heterocycles. The first kappa shape index (κ1) is 14.1. The zero-order valence-electron chi connectivity index (χ0n) is 12.4. The summed E-state index contributed by atoms with van der Waals surface area (Å²) < 4.78 is 5.14. The Morgan fingerprint density at radius 2 is 1.64 bits per heavy atom. The minimum absolute atomic E-state index is 0.863. The molecule has 0 amide bonds. The molecule has 0 spiro atoms. The molecule has 3 aromatic rings. The maximum absolute atomic E-state index is 5.14. The zero-order chi connectivity index (χ0) is 15.2. The van der Waals surface area contributed by atoms with Gasteiger partial charge in [-0.25, -0.2) is 0 Å². The molecule has 3 rings (SSSR count). The summed E-state index contributed by atoms with van der Waals surface area (Å²) in [6.07, 6.45) is 5.80. The van der Waals surface area contributed by atoms with Crippen LogP contribution in [0.2, 0.25) is 0 Å². The van der Waals surface area contributed by atoms with Crippen LogP contribution in [0.1, 0.15) is 5.56 Å². The number of aliphatic imine (C=N–C) groups is 1. The fraction of sp³-hybridized carbons (Fsp3) is 0.0500. The molecular formula is C20H17NO. The molecule has 0 atom stereocenters. The van der Waals surface area contributed by atoms with Gasteiger partial charge < -0.3 is 4.74 Å². The van der Waals surface area contributed by atoms with Gasteiger partial charge in [-0.05, 0) is 35.2 Å². The van der Waals surface area contributed by atoms with Crippen molar-refractivity contribution in [1.29, 1.82) is 0 Å². The lowest BCUT2D eigenvalue weighted by molar-refractivity contribution is 0.415. The van der Waals surface area contributed by atoms with Gasteiger partial charge in [0.15, 0.2) is 0 Å². The third-order valence-corrected chi connectivity index (χ3v) is 3.47. The van der Waals surface area contributed by atoms with Crippen molar-refractivity contribution in [2.45, 2.75) is 0 Å². The third-order valence-electron chi connectivity index (χ3n) is 3.47. The van der Waals surface area contributed by atoms with Crippen LogP contribution < -0.4 is 4.74 Å². The predicted octanol–water partition coefficient (Wildman–Crippen LogP) is 5.26. The van der Waals surface area contributed by atoms with Gasteiger partial charge in [-0.1, -0.05) is 54.6 Å². The zero-order valence-corrected chi connectivity index (χ0v) is 12.4. The molecule has 0 aliphatic heterocycles. The van der Waals surface area contributed by atoms with Crippen LogP contribution in [-0.4, -0.2) is 13.3 Å². The summed E-state index contributed by atoms with van der Waals surface area (Å²) in [6.45, 7) is 0. The first-order valence-electron chi connectivity index (χ1n) is 7.19. The van der Waals surface area contributed by atoms with Crippen LogP contribution >= 0.6 is 0 Å². The van der Waals surface area contributed by atoms with Gasteiger partial charge >= 0.3 is 0 Å². The molecule has 0 N–H and O–H groups in total. The second kappa shape index (κ2) is 6.72. The van der Waals surface area contributed by atoms with E-state index >= 15 is 0 Å². The molecule has 22 heavy (non-hydrogen) atoms. The summed E-state index contributed by atoms with van der Waals surface area (Å²) in [5.74, 6) is 0.863. The quantitative estimate of drug-likeness (QED) is 0.599. The number of ether oxygens (including phenoxy) is 1. The van der Waals surface area contributed by atoms with E-state index in [1.54, 1.807) is 7.11 Å². The number of allylic oxidation sites excluding steroid dienone is 1. The average Bonchev–Trinajstić information content (AvgIpc) is 2.59. The van der Waals surface area contributed by atoms with Crippen LogP contribution in [0.5, 0.6) is 5.75 Å². The molecule has 2 heteroatoms. The standard InChI is InChI=1S/C20H17NO/c1-22-18-13-11-16(12-14-18)6-5-15-21-20-10-4-8-17-7-2-3-9-19(17)20/h2-15H,1H3/b6-5+,21-15?.